The number of nitrogens with zero attached hydrogens (tertiary/aromatic N) is 3. The van der Waals surface area contributed by atoms with Gasteiger partial charge in [-0.15, -0.1) is 10.2 Å². The van der Waals surface area contributed by atoms with E-state index in [4.69, 9.17) is 9.47 Å². The van der Waals surface area contributed by atoms with Crippen molar-refractivity contribution in [2.45, 2.75) is 24.4 Å². The molecule has 130 valence electrons. The summed E-state index contributed by atoms with van der Waals surface area (Å²) >= 11 is 1.67. The van der Waals surface area contributed by atoms with E-state index in [1.54, 1.807) is 18.9 Å². The van der Waals surface area contributed by atoms with Crippen molar-refractivity contribution < 1.29 is 9.47 Å². The molecule has 0 radical (unpaired) electrons. The molecule has 0 aliphatic heterocycles. The highest BCUT2D eigenvalue weighted by Gasteiger charge is 2.10. The zero-order valence-electron chi connectivity index (χ0n) is 14.6. The SMILES string of the molecule is COc1ccc(OCc2nnc(SCc3ccc(C)cc3)n2C)cc1. The highest BCUT2D eigenvalue weighted by atomic mass is 32.2. The second-order valence-corrected chi connectivity index (χ2v) is 6.64. The van der Waals surface area contributed by atoms with E-state index in [2.05, 4.69) is 41.4 Å². The average molecular weight is 355 g/mol. The second kappa shape index (κ2) is 8.07. The molecule has 2 aromatic carbocycles. The molecule has 0 aliphatic carbocycles. The Hall–Kier alpha value is -2.47. The minimum Gasteiger partial charge on any atom is -0.497 e. The predicted octanol–water partition coefficient (Wildman–Crippen LogP) is 4.00. The van der Waals surface area contributed by atoms with Crippen molar-refractivity contribution in [1.29, 1.82) is 0 Å². The zero-order chi connectivity index (χ0) is 17.6. The van der Waals surface area contributed by atoms with Crippen molar-refractivity contribution in [1.82, 2.24) is 14.8 Å². The van der Waals surface area contributed by atoms with Crippen molar-refractivity contribution in [3.8, 4) is 11.5 Å². The van der Waals surface area contributed by atoms with Crippen LogP contribution in [0.3, 0.4) is 0 Å². The van der Waals surface area contributed by atoms with Gasteiger partial charge in [-0.25, -0.2) is 0 Å². The maximum absolute atomic E-state index is 5.77. The Labute approximate surface area is 152 Å². The van der Waals surface area contributed by atoms with Crippen LogP contribution in [0.25, 0.3) is 0 Å². The second-order valence-electron chi connectivity index (χ2n) is 5.70. The van der Waals surface area contributed by atoms with Crippen LogP contribution in [-0.2, 0) is 19.4 Å². The lowest BCUT2D eigenvalue weighted by atomic mass is 10.2. The number of aryl methyl sites for hydroxylation is 1. The van der Waals surface area contributed by atoms with E-state index >= 15 is 0 Å². The Kier molecular flexibility index (Phi) is 5.60. The molecule has 0 unspecified atom stereocenters. The highest BCUT2D eigenvalue weighted by Crippen LogP contribution is 2.22. The van der Waals surface area contributed by atoms with E-state index in [0.717, 1.165) is 28.2 Å². The van der Waals surface area contributed by atoms with Gasteiger partial charge in [0, 0.05) is 12.8 Å². The molecule has 0 atom stereocenters. The van der Waals surface area contributed by atoms with Crippen molar-refractivity contribution in [2.75, 3.05) is 7.11 Å². The van der Waals surface area contributed by atoms with Crippen LogP contribution in [0.15, 0.2) is 53.7 Å². The molecule has 1 aromatic heterocycles. The fraction of sp³-hybridized carbons (Fsp3) is 0.263. The Bertz CT molecular complexity index is 814. The summed E-state index contributed by atoms with van der Waals surface area (Å²) in [4.78, 5) is 0. The van der Waals surface area contributed by atoms with Gasteiger partial charge in [0.1, 0.15) is 18.1 Å². The summed E-state index contributed by atoms with van der Waals surface area (Å²) in [5.74, 6) is 3.24. The molecule has 0 bridgehead atoms. The molecule has 3 rings (SSSR count). The van der Waals surface area contributed by atoms with Crippen LogP contribution in [0.2, 0.25) is 0 Å². The van der Waals surface area contributed by atoms with Crippen LogP contribution in [0.1, 0.15) is 17.0 Å². The van der Waals surface area contributed by atoms with E-state index in [-0.39, 0.29) is 0 Å². The molecule has 0 spiro atoms. The molecule has 1 heterocycles. The third-order valence-electron chi connectivity index (χ3n) is 3.84. The van der Waals surface area contributed by atoms with Gasteiger partial charge in [0.15, 0.2) is 11.0 Å². The number of methoxy groups -OCH3 is 1. The standard InChI is InChI=1S/C19H21N3O2S/c1-14-4-6-15(7-5-14)13-25-19-21-20-18(22(19)2)12-24-17-10-8-16(23-3)9-11-17/h4-11H,12-13H2,1-3H3. The maximum Gasteiger partial charge on any atom is 0.191 e. The van der Waals surface area contributed by atoms with E-state index in [9.17, 15) is 0 Å². The minimum atomic E-state index is 0.376. The van der Waals surface area contributed by atoms with Crippen molar-refractivity contribution in [2.24, 2.45) is 7.05 Å². The summed E-state index contributed by atoms with van der Waals surface area (Å²) in [7, 11) is 3.61. The molecule has 0 saturated carbocycles. The van der Waals surface area contributed by atoms with Crippen LogP contribution in [0.5, 0.6) is 11.5 Å². The van der Waals surface area contributed by atoms with Gasteiger partial charge in [-0.3, -0.25) is 0 Å². The predicted molar refractivity (Wildman–Crippen MR) is 99.1 cm³/mol. The van der Waals surface area contributed by atoms with E-state index in [0.29, 0.717) is 6.61 Å². The summed E-state index contributed by atoms with van der Waals surface area (Å²) in [5, 5.41) is 9.38. The van der Waals surface area contributed by atoms with Gasteiger partial charge in [-0.05, 0) is 36.8 Å². The maximum atomic E-state index is 5.77. The third kappa shape index (κ3) is 4.54. The molecule has 25 heavy (non-hydrogen) atoms. The lowest BCUT2D eigenvalue weighted by Gasteiger charge is -2.07. The van der Waals surface area contributed by atoms with Gasteiger partial charge in [0.2, 0.25) is 0 Å². The quantitative estimate of drug-likeness (QED) is 0.600. The van der Waals surface area contributed by atoms with Crippen molar-refractivity contribution in [3.63, 3.8) is 0 Å². The van der Waals surface area contributed by atoms with Crippen molar-refractivity contribution in [3.05, 3.63) is 65.5 Å². The minimum absolute atomic E-state index is 0.376. The first-order valence-corrected chi connectivity index (χ1v) is 8.98. The number of aromatic nitrogens is 3. The van der Waals surface area contributed by atoms with Crippen molar-refractivity contribution >= 4 is 11.8 Å². The Balaban J connectivity index is 1.57. The number of hydrogen-bond donors (Lipinski definition) is 0. The molecule has 0 N–H and O–H groups in total. The molecule has 0 amide bonds. The summed E-state index contributed by atoms with van der Waals surface area (Å²) in [6, 6.07) is 16.0. The molecular formula is C19H21N3O2S. The van der Waals surface area contributed by atoms with E-state index < -0.39 is 0 Å². The van der Waals surface area contributed by atoms with Crippen LogP contribution < -0.4 is 9.47 Å². The lowest BCUT2D eigenvalue weighted by Crippen LogP contribution is -2.04. The molecule has 3 aromatic rings. The highest BCUT2D eigenvalue weighted by molar-refractivity contribution is 7.98. The van der Waals surface area contributed by atoms with Crippen LogP contribution in [0.4, 0.5) is 0 Å². The van der Waals surface area contributed by atoms with Gasteiger partial charge in [-0.1, -0.05) is 41.6 Å². The number of thioether (sulfide) groups is 1. The first-order valence-electron chi connectivity index (χ1n) is 7.99. The molecular weight excluding hydrogens is 334 g/mol. The topological polar surface area (TPSA) is 49.2 Å². The van der Waals surface area contributed by atoms with Crippen LogP contribution in [0, 0.1) is 6.92 Å². The molecule has 0 saturated heterocycles. The van der Waals surface area contributed by atoms with Gasteiger partial charge < -0.3 is 14.0 Å². The first-order chi connectivity index (χ1) is 12.2. The smallest absolute Gasteiger partial charge is 0.191 e. The van der Waals surface area contributed by atoms with Crippen LogP contribution >= 0.6 is 11.8 Å². The lowest BCUT2D eigenvalue weighted by molar-refractivity contribution is 0.290. The molecule has 5 nitrogen and oxygen atoms in total. The summed E-state index contributed by atoms with van der Waals surface area (Å²) in [5.41, 5.74) is 2.54. The van der Waals surface area contributed by atoms with Gasteiger partial charge in [0.05, 0.1) is 7.11 Å². The fourth-order valence-corrected chi connectivity index (χ4v) is 3.13. The molecule has 6 heteroatoms. The zero-order valence-corrected chi connectivity index (χ0v) is 15.4. The summed E-state index contributed by atoms with van der Waals surface area (Å²) < 4.78 is 12.9. The Morgan fingerprint density at radius 1 is 0.960 bits per heavy atom. The summed E-state index contributed by atoms with van der Waals surface area (Å²) in [6.45, 7) is 2.47. The average Bonchev–Trinajstić information content (AvgIpc) is 3.00. The van der Waals surface area contributed by atoms with Crippen LogP contribution in [-0.4, -0.2) is 21.9 Å². The van der Waals surface area contributed by atoms with E-state index in [1.165, 1.54) is 11.1 Å². The van der Waals surface area contributed by atoms with Gasteiger partial charge in [-0.2, -0.15) is 0 Å². The Morgan fingerprint density at radius 3 is 2.32 bits per heavy atom. The first kappa shape index (κ1) is 17.4. The molecule has 0 aliphatic rings. The largest absolute Gasteiger partial charge is 0.497 e. The number of benzene rings is 2. The third-order valence-corrected chi connectivity index (χ3v) is 4.93. The normalized spacial score (nSPS) is 10.7. The van der Waals surface area contributed by atoms with Gasteiger partial charge >= 0.3 is 0 Å². The summed E-state index contributed by atoms with van der Waals surface area (Å²) in [6.07, 6.45) is 0. The fourth-order valence-electron chi connectivity index (χ4n) is 2.25. The Morgan fingerprint density at radius 2 is 1.64 bits per heavy atom. The monoisotopic (exact) mass is 355 g/mol. The number of rotatable bonds is 7. The van der Waals surface area contributed by atoms with E-state index in [1.807, 2.05) is 35.9 Å². The van der Waals surface area contributed by atoms with Gasteiger partial charge in [0.25, 0.3) is 0 Å². The molecule has 0 fully saturated rings. The number of ether oxygens (including phenoxy) is 2. The number of hydrogen-bond acceptors (Lipinski definition) is 5.